The maximum absolute atomic E-state index is 11.2. The Morgan fingerprint density at radius 3 is 2.52 bits per heavy atom. The molecule has 0 saturated carbocycles. The molecule has 0 saturated heterocycles. The second-order valence-electron chi connectivity index (χ2n) is 4.57. The highest BCUT2D eigenvalue weighted by Crippen LogP contribution is 2.11. The third kappa shape index (κ3) is 4.85. The number of hydrogen-bond acceptors (Lipinski definition) is 2. The largest absolute Gasteiger partial charge is 0.358 e. The average molecular weight is 319 g/mol. The first-order chi connectivity index (χ1) is 10.0. The molecular formula is C16H15ClN2OS. The summed E-state index contributed by atoms with van der Waals surface area (Å²) in [7, 11) is 0. The predicted molar refractivity (Wildman–Crippen MR) is 91.0 cm³/mol. The monoisotopic (exact) mass is 318 g/mol. The van der Waals surface area contributed by atoms with Crippen LogP contribution in [0.15, 0.2) is 48.5 Å². The number of hydrogen-bond donors (Lipinski definition) is 2. The van der Waals surface area contributed by atoms with Crippen molar-refractivity contribution in [1.29, 1.82) is 0 Å². The lowest BCUT2D eigenvalue weighted by Crippen LogP contribution is -2.27. The lowest BCUT2D eigenvalue weighted by atomic mass is 10.1. The van der Waals surface area contributed by atoms with Crippen LogP contribution in [0.1, 0.15) is 22.8 Å². The van der Waals surface area contributed by atoms with E-state index in [4.69, 9.17) is 23.8 Å². The van der Waals surface area contributed by atoms with Crippen LogP contribution >= 0.6 is 23.8 Å². The first-order valence-electron chi connectivity index (χ1n) is 6.45. The van der Waals surface area contributed by atoms with Gasteiger partial charge in [-0.05, 0) is 61.1 Å². The molecule has 2 N–H and O–H groups in total. The van der Waals surface area contributed by atoms with Crippen LogP contribution in [0.2, 0.25) is 5.02 Å². The number of carbonyl (C=O) groups is 1. The van der Waals surface area contributed by atoms with Gasteiger partial charge in [0.1, 0.15) is 0 Å². The molecule has 0 aliphatic carbocycles. The Balaban J connectivity index is 1.88. The highest BCUT2D eigenvalue weighted by molar-refractivity contribution is 7.80. The SMILES string of the molecule is CC(=O)c1ccc(NC(=S)NCc2cccc(Cl)c2)cc1. The Kier molecular flexibility index (Phi) is 5.31. The van der Waals surface area contributed by atoms with Crippen molar-refractivity contribution >= 4 is 40.4 Å². The van der Waals surface area contributed by atoms with E-state index < -0.39 is 0 Å². The fourth-order valence-electron chi connectivity index (χ4n) is 1.79. The summed E-state index contributed by atoms with van der Waals surface area (Å²) in [5, 5.41) is 7.40. The van der Waals surface area contributed by atoms with E-state index in [1.807, 2.05) is 36.4 Å². The van der Waals surface area contributed by atoms with Gasteiger partial charge in [-0.1, -0.05) is 23.7 Å². The van der Waals surface area contributed by atoms with E-state index in [0.717, 1.165) is 11.3 Å². The summed E-state index contributed by atoms with van der Waals surface area (Å²) < 4.78 is 0. The van der Waals surface area contributed by atoms with Crippen molar-refractivity contribution < 1.29 is 4.79 Å². The summed E-state index contributed by atoms with van der Waals surface area (Å²) in [6.07, 6.45) is 0. The fourth-order valence-corrected chi connectivity index (χ4v) is 2.20. The van der Waals surface area contributed by atoms with Crippen molar-refractivity contribution in [2.45, 2.75) is 13.5 Å². The Hall–Kier alpha value is -1.91. The van der Waals surface area contributed by atoms with E-state index in [9.17, 15) is 4.79 Å². The molecule has 2 aromatic rings. The van der Waals surface area contributed by atoms with Crippen molar-refractivity contribution in [2.24, 2.45) is 0 Å². The van der Waals surface area contributed by atoms with E-state index >= 15 is 0 Å². The Labute approximate surface area is 134 Å². The van der Waals surface area contributed by atoms with Crippen LogP contribution in [0.3, 0.4) is 0 Å². The van der Waals surface area contributed by atoms with Gasteiger partial charge in [0.15, 0.2) is 10.9 Å². The van der Waals surface area contributed by atoms with Gasteiger partial charge >= 0.3 is 0 Å². The minimum absolute atomic E-state index is 0.0446. The van der Waals surface area contributed by atoms with Crippen LogP contribution in [0, 0.1) is 0 Å². The second-order valence-corrected chi connectivity index (χ2v) is 5.42. The molecule has 21 heavy (non-hydrogen) atoms. The third-order valence-electron chi connectivity index (χ3n) is 2.89. The number of nitrogens with one attached hydrogen (secondary N) is 2. The lowest BCUT2D eigenvalue weighted by Gasteiger charge is -2.11. The zero-order valence-corrected chi connectivity index (χ0v) is 13.1. The molecular weight excluding hydrogens is 304 g/mol. The highest BCUT2D eigenvalue weighted by Gasteiger charge is 2.01. The molecule has 2 aromatic carbocycles. The van der Waals surface area contributed by atoms with Crippen LogP contribution in [-0.4, -0.2) is 10.9 Å². The lowest BCUT2D eigenvalue weighted by molar-refractivity contribution is 0.101. The normalized spacial score (nSPS) is 10.0. The van der Waals surface area contributed by atoms with Gasteiger partial charge in [0.2, 0.25) is 0 Å². The molecule has 0 unspecified atom stereocenters. The Bertz CT molecular complexity index is 656. The van der Waals surface area contributed by atoms with Crippen molar-refractivity contribution in [3.05, 3.63) is 64.7 Å². The van der Waals surface area contributed by atoms with E-state index in [1.165, 1.54) is 0 Å². The van der Waals surface area contributed by atoms with Gasteiger partial charge in [-0.2, -0.15) is 0 Å². The minimum Gasteiger partial charge on any atom is -0.358 e. The number of Topliss-reactive ketones (excluding diaryl/α,β-unsaturated/α-hetero) is 1. The van der Waals surface area contributed by atoms with Crippen LogP contribution in [0.4, 0.5) is 5.69 Å². The summed E-state index contributed by atoms with van der Waals surface area (Å²) in [6, 6.07) is 14.8. The molecule has 0 aliphatic rings. The highest BCUT2D eigenvalue weighted by atomic mass is 35.5. The topological polar surface area (TPSA) is 41.1 Å². The molecule has 0 spiro atoms. The van der Waals surface area contributed by atoms with Gasteiger partial charge in [0.25, 0.3) is 0 Å². The average Bonchev–Trinajstić information content (AvgIpc) is 2.46. The quantitative estimate of drug-likeness (QED) is 0.659. The van der Waals surface area contributed by atoms with Crippen molar-refractivity contribution in [1.82, 2.24) is 5.32 Å². The zero-order chi connectivity index (χ0) is 15.2. The number of anilines is 1. The van der Waals surface area contributed by atoms with Gasteiger partial charge in [0, 0.05) is 22.8 Å². The molecule has 0 bridgehead atoms. The molecule has 0 radical (unpaired) electrons. The summed E-state index contributed by atoms with van der Waals surface area (Å²) in [4.78, 5) is 11.2. The third-order valence-corrected chi connectivity index (χ3v) is 3.37. The number of halogens is 1. The summed E-state index contributed by atoms with van der Waals surface area (Å²) >= 11 is 11.2. The van der Waals surface area contributed by atoms with Gasteiger partial charge in [-0.15, -0.1) is 0 Å². The molecule has 0 atom stereocenters. The van der Waals surface area contributed by atoms with Gasteiger partial charge in [0.05, 0.1) is 0 Å². The zero-order valence-electron chi connectivity index (χ0n) is 11.5. The maximum Gasteiger partial charge on any atom is 0.171 e. The molecule has 0 amide bonds. The van der Waals surface area contributed by atoms with Gasteiger partial charge in [-0.3, -0.25) is 4.79 Å². The first-order valence-corrected chi connectivity index (χ1v) is 7.23. The molecule has 0 aliphatic heterocycles. The summed E-state index contributed by atoms with van der Waals surface area (Å²) in [5.41, 5.74) is 2.57. The molecule has 108 valence electrons. The predicted octanol–water partition coefficient (Wildman–Crippen LogP) is 4.03. The molecule has 5 heteroatoms. The molecule has 0 fully saturated rings. The van der Waals surface area contributed by atoms with Gasteiger partial charge < -0.3 is 10.6 Å². The number of benzene rings is 2. The van der Waals surface area contributed by atoms with Crippen LogP contribution in [0.5, 0.6) is 0 Å². The first kappa shape index (κ1) is 15.5. The summed E-state index contributed by atoms with van der Waals surface area (Å²) in [6.45, 7) is 2.14. The van der Waals surface area contributed by atoms with E-state index in [0.29, 0.717) is 22.2 Å². The minimum atomic E-state index is 0.0446. The summed E-state index contributed by atoms with van der Waals surface area (Å²) in [5.74, 6) is 0.0446. The maximum atomic E-state index is 11.2. The smallest absolute Gasteiger partial charge is 0.171 e. The number of carbonyl (C=O) groups excluding carboxylic acids is 1. The van der Waals surface area contributed by atoms with Crippen molar-refractivity contribution in [3.63, 3.8) is 0 Å². The fraction of sp³-hybridized carbons (Fsp3) is 0.125. The number of thiocarbonyl (C=S) groups is 1. The number of rotatable bonds is 4. The molecule has 2 rings (SSSR count). The van der Waals surface area contributed by atoms with E-state index in [-0.39, 0.29) is 5.78 Å². The van der Waals surface area contributed by atoms with Crippen LogP contribution < -0.4 is 10.6 Å². The van der Waals surface area contributed by atoms with E-state index in [2.05, 4.69) is 10.6 Å². The standard InChI is InChI=1S/C16H15ClN2OS/c1-11(20)13-5-7-15(8-6-13)19-16(21)18-10-12-3-2-4-14(17)9-12/h2-9H,10H2,1H3,(H2,18,19,21). The number of ketones is 1. The van der Waals surface area contributed by atoms with Crippen LogP contribution in [-0.2, 0) is 6.54 Å². The Morgan fingerprint density at radius 2 is 1.90 bits per heavy atom. The van der Waals surface area contributed by atoms with Crippen molar-refractivity contribution in [2.75, 3.05) is 5.32 Å². The molecule has 3 nitrogen and oxygen atoms in total. The molecule has 0 heterocycles. The van der Waals surface area contributed by atoms with Gasteiger partial charge in [-0.25, -0.2) is 0 Å². The Morgan fingerprint density at radius 1 is 1.19 bits per heavy atom. The van der Waals surface area contributed by atoms with E-state index in [1.54, 1.807) is 19.1 Å². The molecule has 0 aromatic heterocycles. The van der Waals surface area contributed by atoms with Crippen molar-refractivity contribution in [3.8, 4) is 0 Å². The van der Waals surface area contributed by atoms with Crippen LogP contribution in [0.25, 0.3) is 0 Å². The second kappa shape index (κ2) is 7.20.